The van der Waals surface area contributed by atoms with Crippen LogP contribution in [0.1, 0.15) is 41.2 Å². The Bertz CT molecular complexity index is 2750. The number of hydrogen-bond acceptors (Lipinski definition) is 12. The summed E-state index contributed by atoms with van der Waals surface area (Å²) in [5.74, 6) is -0.962. The van der Waals surface area contributed by atoms with Gasteiger partial charge in [-0.2, -0.15) is 13.2 Å². The molecule has 0 radical (unpaired) electrons. The van der Waals surface area contributed by atoms with E-state index < -0.39 is 52.8 Å². The minimum absolute atomic E-state index is 0. The van der Waals surface area contributed by atoms with Gasteiger partial charge in [-0.3, -0.25) is 14.5 Å². The predicted octanol–water partition coefficient (Wildman–Crippen LogP) is 8.17. The van der Waals surface area contributed by atoms with Crippen LogP contribution < -0.4 is 26.0 Å². The average molecular weight is 1050 g/mol. The number of piperidine rings is 1. The molecule has 69 heavy (non-hydrogen) atoms. The lowest BCUT2D eigenvalue weighted by atomic mass is 9.82. The number of ether oxygens (including phenoxy) is 1. The highest BCUT2D eigenvalue weighted by Crippen LogP contribution is 2.39. The summed E-state index contributed by atoms with van der Waals surface area (Å²) < 4.78 is 103. The maximum Gasteiger partial charge on any atom is 0.501 e. The molecule has 2 heterocycles. The van der Waals surface area contributed by atoms with Gasteiger partial charge in [0, 0.05) is 65.7 Å². The molecule has 21 heteroatoms. The number of nitrogens with zero attached hydrogens (tertiary/aromatic N) is 2. The number of nitrogens with two attached hydrogens (primary N) is 1. The summed E-state index contributed by atoms with van der Waals surface area (Å²) in [5.41, 5.74) is 3.09. The van der Waals surface area contributed by atoms with Crippen molar-refractivity contribution in [1.29, 1.82) is 0 Å². The van der Waals surface area contributed by atoms with Crippen molar-refractivity contribution < 1.29 is 44.3 Å². The van der Waals surface area contributed by atoms with Gasteiger partial charge in [0.05, 0.1) is 36.4 Å². The van der Waals surface area contributed by atoms with Crippen molar-refractivity contribution in [1.82, 2.24) is 14.9 Å². The molecule has 0 aromatic heterocycles. The van der Waals surface area contributed by atoms with Crippen molar-refractivity contribution in [3.05, 3.63) is 137 Å². The van der Waals surface area contributed by atoms with E-state index in [2.05, 4.69) is 20.4 Å². The van der Waals surface area contributed by atoms with Gasteiger partial charge in [-0.25, -0.2) is 21.6 Å². The Morgan fingerprint density at radius 1 is 0.841 bits per heavy atom. The number of alkyl halides is 3. The molecule has 5 aromatic carbocycles. The number of rotatable bonds is 18. The Morgan fingerprint density at radius 2 is 1.49 bits per heavy atom. The Balaban J connectivity index is 0.00000782. The monoisotopic (exact) mass is 1050 g/mol. The molecule has 0 aliphatic carbocycles. The molecular formula is C48H53Cl2F3N6O7S3. The molecule has 13 nitrogen and oxygen atoms in total. The van der Waals surface area contributed by atoms with Gasteiger partial charge < -0.3 is 26.0 Å². The van der Waals surface area contributed by atoms with Gasteiger partial charge in [0.1, 0.15) is 4.90 Å². The molecule has 0 saturated carbocycles. The number of thioether (sulfide) groups is 1. The number of carbonyl (C=O) groups excluding carboxylic acids is 2. The highest BCUT2D eigenvalue weighted by molar-refractivity contribution is 7.99. The lowest BCUT2D eigenvalue weighted by Crippen LogP contribution is -2.42. The van der Waals surface area contributed by atoms with E-state index in [1.165, 1.54) is 23.9 Å². The molecule has 2 aliphatic rings. The van der Waals surface area contributed by atoms with Crippen LogP contribution in [0.3, 0.4) is 0 Å². The molecule has 2 aliphatic heterocycles. The van der Waals surface area contributed by atoms with E-state index in [0.29, 0.717) is 82.0 Å². The van der Waals surface area contributed by atoms with Crippen molar-refractivity contribution in [3.8, 4) is 11.1 Å². The standard InChI is InChI=1S/C48H52ClF3N6O7S3.ClH/c49-36-14-10-33(11-15-36)41-8-4-5-9-42(41)46(55-45(59)31-53)34-20-24-58(25-21-34)38-16-12-35(13-17-38)47(60)56-68(63,64)40-18-19-43(44(30-40)67(61,62)48(50,51)52)54-37(22-23-57-26-28-65-29-27-57)32-66-39-6-2-1-3-7-39;/h1-19,30,34,37,46,54H,20-29,31-32,53H2,(H,55,59)(H,56,60);1H/t37-,46?;/m1./s1. The van der Waals surface area contributed by atoms with Crippen LogP contribution in [0.4, 0.5) is 24.5 Å². The lowest BCUT2D eigenvalue weighted by molar-refractivity contribution is -0.120. The zero-order chi connectivity index (χ0) is 48.5. The molecule has 1 unspecified atom stereocenters. The average Bonchev–Trinajstić information content (AvgIpc) is 3.34. The van der Waals surface area contributed by atoms with Crippen molar-refractivity contribution in [2.75, 3.05) is 68.5 Å². The first-order valence-corrected chi connectivity index (χ1v) is 26.3. The summed E-state index contributed by atoms with van der Waals surface area (Å²) in [6.45, 7) is 3.96. The Kier molecular flexibility index (Phi) is 18.5. The maximum absolute atomic E-state index is 14.2. The zero-order valence-electron chi connectivity index (χ0n) is 37.2. The van der Waals surface area contributed by atoms with Crippen molar-refractivity contribution in [2.45, 2.75) is 51.5 Å². The van der Waals surface area contributed by atoms with Crippen LogP contribution in [-0.2, 0) is 29.4 Å². The fourth-order valence-corrected chi connectivity index (χ4v) is 11.5. The quantitative estimate of drug-likeness (QED) is 0.0620. The molecule has 370 valence electrons. The molecule has 0 bridgehead atoms. The summed E-state index contributed by atoms with van der Waals surface area (Å²) in [7, 11) is -11.0. The minimum atomic E-state index is -6.08. The molecule has 2 amide bonds. The number of halogens is 5. The van der Waals surface area contributed by atoms with Crippen LogP contribution in [0, 0.1) is 5.92 Å². The highest BCUT2D eigenvalue weighted by atomic mass is 35.5. The third kappa shape index (κ3) is 13.7. The summed E-state index contributed by atoms with van der Waals surface area (Å²) in [5, 5.41) is 6.73. The molecule has 7 rings (SSSR count). The summed E-state index contributed by atoms with van der Waals surface area (Å²) >= 11 is 7.60. The van der Waals surface area contributed by atoms with E-state index in [0.717, 1.165) is 39.4 Å². The first-order chi connectivity index (χ1) is 32.5. The van der Waals surface area contributed by atoms with Crippen LogP contribution in [0.15, 0.2) is 136 Å². The van der Waals surface area contributed by atoms with Gasteiger partial charge in [-0.1, -0.05) is 66.2 Å². The van der Waals surface area contributed by atoms with Gasteiger partial charge in [0.2, 0.25) is 5.91 Å². The summed E-state index contributed by atoms with van der Waals surface area (Å²) in [4.78, 5) is 29.1. The van der Waals surface area contributed by atoms with Crippen molar-refractivity contribution in [2.24, 2.45) is 11.7 Å². The normalized spacial score (nSPS) is 15.9. The number of nitrogens with one attached hydrogen (secondary N) is 3. The number of sulfonamides is 1. The van der Waals surface area contributed by atoms with E-state index in [1.807, 2.05) is 83.6 Å². The van der Waals surface area contributed by atoms with Gasteiger partial charge in [-0.05, 0) is 109 Å². The van der Waals surface area contributed by atoms with Gasteiger partial charge in [0.25, 0.3) is 25.8 Å². The van der Waals surface area contributed by atoms with E-state index in [9.17, 15) is 39.6 Å². The summed E-state index contributed by atoms with van der Waals surface area (Å²) in [6, 6.07) is 32.3. The first-order valence-electron chi connectivity index (χ1n) is 22.0. The van der Waals surface area contributed by atoms with Gasteiger partial charge in [-0.15, -0.1) is 24.2 Å². The molecule has 5 N–H and O–H groups in total. The molecule has 5 aromatic rings. The number of morpholine rings is 1. The van der Waals surface area contributed by atoms with Crippen LogP contribution in [0.25, 0.3) is 11.1 Å². The van der Waals surface area contributed by atoms with E-state index in [-0.39, 0.29) is 42.4 Å². The number of carbonyl (C=O) groups is 2. The maximum atomic E-state index is 14.2. The minimum Gasteiger partial charge on any atom is -0.380 e. The molecule has 2 atom stereocenters. The summed E-state index contributed by atoms with van der Waals surface area (Å²) in [6.07, 6.45) is 1.80. The number of hydrogen-bond donors (Lipinski definition) is 4. The van der Waals surface area contributed by atoms with Crippen LogP contribution in [0.5, 0.6) is 0 Å². The van der Waals surface area contributed by atoms with Crippen LogP contribution in [-0.4, -0.2) is 103 Å². The van der Waals surface area contributed by atoms with Crippen LogP contribution >= 0.6 is 35.8 Å². The zero-order valence-corrected chi connectivity index (χ0v) is 41.3. The van der Waals surface area contributed by atoms with Crippen LogP contribution in [0.2, 0.25) is 5.02 Å². The first kappa shape index (κ1) is 53.5. The predicted molar refractivity (Wildman–Crippen MR) is 266 cm³/mol. The number of anilines is 2. The second-order valence-electron chi connectivity index (χ2n) is 16.5. The van der Waals surface area contributed by atoms with E-state index in [4.69, 9.17) is 22.1 Å². The van der Waals surface area contributed by atoms with Crippen molar-refractivity contribution in [3.63, 3.8) is 0 Å². The largest absolute Gasteiger partial charge is 0.501 e. The SMILES string of the molecule is Cl.NCC(=O)NC(c1ccccc1-c1ccc(Cl)cc1)C1CCN(c2ccc(C(=O)NS(=O)(=O)c3ccc(N[C@H](CCN4CCOCC4)CSc4ccccc4)c(S(=O)(=O)C(F)(F)F)c3)cc2)CC1. The number of sulfone groups is 1. The fraction of sp³-hybridized carbons (Fsp3) is 0.333. The van der Waals surface area contributed by atoms with E-state index in [1.54, 1.807) is 12.1 Å². The topological polar surface area (TPSA) is 180 Å². The third-order valence-corrected chi connectivity index (χ3v) is 16.3. The molecule has 2 fully saturated rings. The fourth-order valence-electron chi connectivity index (χ4n) is 8.33. The smallest absolute Gasteiger partial charge is 0.380 e. The molecule has 0 spiro atoms. The Hall–Kier alpha value is -4.86. The highest BCUT2D eigenvalue weighted by Gasteiger charge is 2.48. The number of amides is 2. The Labute approximate surface area is 416 Å². The molecular weight excluding hydrogens is 997 g/mol. The third-order valence-electron chi connectivity index (χ3n) is 12.0. The second-order valence-corrected chi connectivity index (χ2v) is 21.6. The Morgan fingerprint density at radius 3 is 2.14 bits per heavy atom. The van der Waals surface area contributed by atoms with Gasteiger partial charge in [0.15, 0.2) is 0 Å². The van der Waals surface area contributed by atoms with Crippen molar-refractivity contribution >= 4 is 78.8 Å². The number of benzene rings is 5. The van der Waals surface area contributed by atoms with E-state index >= 15 is 0 Å². The molecule has 2 saturated heterocycles. The second kappa shape index (κ2) is 23.8. The van der Waals surface area contributed by atoms with Gasteiger partial charge >= 0.3 is 5.51 Å². The lowest BCUT2D eigenvalue weighted by Gasteiger charge is -2.38.